The molecule has 0 saturated carbocycles. The minimum atomic E-state index is 0.0138. The fourth-order valence-electron chi connectivity index (χ4n) is 12.6. The SMILES string of the molecule is Cc1c(C)c(N(c2ccccc2)c2ccccc2)c(C)c(C)c1-c1cc(C(C)C)c2ccc3c(-c4c(C)c(C)c(N(c5ccccc5)c5ccccc5)c(C)c4C)cc4c5c(cc1c2c35)C(C)(C)CC4. The number of rotatable bonds is 9. The first-order valence-corrected chi connectivity index (χ1v) is 25.5. The van der Waals surface area contributed by atoms with Crippen molar-refractivity contribution in [3.8, 4) is 22.3 Å². The minimum Gasteiger partial charge on any atom is -0.310 e. The Morgan fingerprint density at radius 2 is 0.786 bits per heavy atom. The van der Waals surface area contributed by atoms with Crippen LogP contribution in [0.1, 0.15) is 101 Å². The van der Waals surface area contributed by atoms with E-state index in [0.717, 1.165) is 12.8 Å². The lowest BCUT2D eigenvalue weighted by Crippen LogP contribution is -2.23. The van der Waals surface area contributed by atoms with Crippen LogP contribution in [0.5, 0.6) is 0 Å². The van der Waals surface area contributed by atoms with Gasteiger partial charge in [-0.2, -0.15) is 0 Å². The summed E-state index contributed by atoms with van der Waals surface area (Å²) in [4.78, 5) is 4.93. The van der Waals surface area contributed by atoms with Crippen LogP contribution in [0.3, 0.4) is 0 Å². The lowest BCUT2D eigenvalue weighted by Gasteiger charge is -2.36. The largest absolute Gasteiger partial charge is 0.310 e. The van der Waals surface area contributed by atoms with Crippen molar-refractivity contribution in [3.05, 3.63) is 213 Å². The van der Waals surface area contributed by atoms with Crippen LogP contribution in [-0.2, 0) is 11.8 Å². The molecule has 0 radical (unpaired) electrons. The molecule has 0 unspecified atom stereocenters. The van der Waals surface area contributed by atoms with E-state index >= 15 is 0 Å². The van der Waals surface area contributed by atoms with Crippen LogP contribution in [0, 0.1) is 55.4 Å². The van der Waals surface area contributed by atoms with Crippen molar-refractivity contribution in [2.24, 2.45) is 0 Å². The smallest absolute Gasteiger partial charge is 0.0525 e. The van der Waals surface area contributed by atoms with Gasteiger partial charge in [-0.25, -0.2) is 0 Å². The lowest BCUT2D eigenvalue weighted by atomic mass is 9.68. The second-order valence-corrected chi connectivity index (χ2v) is 21.4. The van der Waals surface area contributed by atoms with Crippen molar-refractivity contribution in [1.82, 2.24) is 0 Å². The van der Waals surface area contributed by atoms with E-state index in [1.807, 2.05) is 0 Å². The maximum absolute atomic E-state index is 2.64. The zero-order chi connectivity index (χ0) is 48.9. The molecule has 2 nitrogen and oxygen atoms in total. The van der Waals surface area contributed by atoms with Gasteiger partial charge in [0, 0.05) is 22.7 Å². The highest BCUT2D eigenvalue weighted by molar-refractivity contribution is 6.30. The van der Waals surface area contributed by atoms with Gasteiger partial charge in [-0.3, -0.25) is 0 Å². The maximum Gasteiger partial charge on any atom is 0.0525 e. The fourth-order valence-corrected chi connectivity index (χ4v) is 12.6. The molecule has 2 heteroatoms. The Labute approximate surface area is 416 Å². The number of benzene rings is 10. The van der Waals surface area contributed by atoms with E-state index in [1.165, 1.54) is 150 Å². The molecule has 0 N–H and O–H groups in total. The highest BCUT2D eigenvalue weighted by Crippen LogP contribution is 2.55. The van der Waals surface area contributed by atoms with Gasteiger partial charge in [0.1, 0.15) is 0 Å². The highest BCUT2D eigenvalue weighted by atomic mass is 15.2. The molecule has 1 aliphatic rings. The van der Waals surface area contributed by atoms with Crippen LogP contribution in [0.25, 0.3) is 54.6 Å². The Morgan fingerprint density at radius 1 is 0.400 bits per heavy atom. The topological polar surface area (TPSA) is 6.48 Å². The Hall–Kier alpha value is -7.16. The van der Waals surface area contributed by atoms with Gasteiger partial charge in [-0.15, -0.1) is 0 Å². The molecule has 348 valence electrons. The van der Waals surface area contributed by atoms with Crippen LogP contribution in [0.15, 0.2) is 152 Å². The summed E-state index contributed by atoms with van der Waals surface area (Å²) in [7, 11) is 0. The van der Waals surface area contributed by atoms with Gasteiger partial charge in [-0.05, 0) is 262 Å². The van der Waals surface area contributed by atoms with E-state index in [1.54, 1.807) is 0 Å². The first kappa shape index (κ1) is 45.3. The Balaban J connectivity index is 1.21. The number of nitrogens with zero attached hydrogens (tertiary/aromatic N) is 2. The van der Waals surface area contributed by atoms with Crippen LogP contribution in [-0.4, -0.2) is 0 Å². The van der Waals surface area contributed by atoms with Crippen molar-refractivity contribution < 1.29 is 0 Å². The third kappa shape index (κ3) is 6.89. The average molecular weight is 911 g/mol. The number of anilines is 6. The first-order chi connectivity index (χ1) is 33.7. The molecule has 0 saturated heterocycles. The van der Waals surface area contributed by atoms with Crippen molar-refractivity contribution >= 4 is 66.4 Å². The molecule has 10 aromatic carbocycles. The van der Waals surface area contributed by atoms with Crippen LogP contribution < -0.4 is 9.80 Å². The monoisotopic (exact) mass is 911 g/mol. The summed E-state index contributed by atoms with van der Waals surface area (Å²) < 4.78 is 0. The lowest BCUT2D eigenvalue weighted by molar-refractivity contribution is 0.475. The van der Waals surface area contributed by atoms with Crippen LogP contribution in [0.2, 0.25) is 0 Å². The van der Waals surface area contributed by atoms with Crippen molar-refractivity contribution in [2.75, 3.05) is 9.80 Å². The Kier molecular flexibility index (Phi) is 11.0. The van der Waals surface area contributed by atoms with Gasteiger partial charge in [-0.1, -0.05) is 113 Å². The quantitative estimate of drug-likeness (QED) is 0.133. The Morgan fingerprint density at radius 3 is 1.19 bits per heavy atom. The molecule has 0 spiro atoms. The van der Waals surface area contributed by atoms with Crippen molar-refractivity contribution in [3.63, 3.8) is 0 Å². The molecular weight excluding hydrogens is 845 g/mol. The molecule has 11 rings (SSSR count). The molecule has 0 aromatic heterocycles. The van der Waals surface area contributed by atoms with Gasteiger partial charge in [0.25, 0.3) is 0 Å². The highest BCUT2D eigenvalue weighted by Gasteiger charge is 2.34. The average Bonchev–Trinajstić information content (AvgIpc) is 3.37. The normalized spacial score (nSPS) is 13.3. The molecule has 0 heterocycles. The molecule has 0 atom stereocenters. The molecule has 10 aromatic rings. The molecular formula is C68H66N2. The van der Waals surface area contributed by atoms with Gasteiger partial charge in [0.05, 0.1) is 11.4 Å². The molecule has 0 aliphatic heterocycles. The van der Waals surface area contributed by atoms with E-state index in [4.69, 9.17) is 0 Å². The number of para-hydroxylation sites is 4. The van der Waals surface area contributed by atoms with Gasteiger partial charge in [0.15, 0.2) is 0 Å². The van der Waals surface area contributed by atoms with Gasteiger partial charge in [0.2, 0.25) is 0 Å². The predicted molar refractivity (Wildman–Crippen MR) is 304 cm³/mol. The number of aryl methyl sites for hydroxylation is 1. The first-order valence-electron chi connectivity index (χ1n) is 25.5. The molecule has 0 amide bonds. The van der Waals surface area contributed by atoms with Crippen LogP contribution >= 0.6 is 0 Å². The Bertz CT molecular complexity index is 3520. The van der Waals surface area contributed by atoms with Gasteiger partial charge >= 0.3 is 0 Å². The van der Waals surface area contributed by atoms with E-state index in [9.17, 15) is 0 Å². The van der Waals surface area contributed by atoms with Crippen molar-refractivity contribution in [1.29, 1.82) is 0 Å². The molecule has 0 fully saturated rings. The summed E-state index contributed by atoms with van der Waals surface area (Å²) in [6.45, 7) is 28.6. The fraction of sp³-hybridized carbons (Fsp3) is 0.235. The standard InChI is InChI=1S/C68H66N2/c1-40(2)56-38-58(62-43(5)47(9)67(48(10)44(62)6)70(52-29-21-15-22-30-52)53-31-23-16-24-32-53)59-39-60-63-49(35-36-68(60,11)12)37-57(55-34-33-54(56)64(59)65(55)63)61-41(3)45(7)66(46(8)42(61)4)69(50-25-17-13-18-26-50)51-27-19-14-20-28-51/h13-34,37-40H,35-36H2,1-12H3. The molecule has 70 heavy (non-hydrogen) atoms. The second kappa shape index (κ2) is 17.1. The summed E-state index contributed by atoms with van der Waals surface area (Å²) in [5.74, 6) is 0.333. The van der Waals surface area contributed by atoms with E-state index in [0.29, 0.717) is 5.92 Å². The summed E-state index contributed by atoms with van der Waals surface area (Å²) in [5.41, 5.74) is 27.7. The van der Waals surface area contributed by atoms with Crippen molar-refractivity contribution in [2.45, 2.75) is 107 Å². The van der Waals surface area contributed by atoms with E-state index in [2.05, 4.69) is 245 Å². The molecule has 1 aliphatic carbocycles. The minimum absolute atomic E-state index is 0.0138. The number of hydrogen-bond donors (Lipinski definition) is 0. The van der Waals surface area contributed by atoms with E-state index < -0.39 is 0 Å². The zero-order valence-corrected chi connectivity index (χ0v) is 43.3. The van der Waals surface area contributed by atoms with Gasteiger partial charge < -0.3 is 9.80 Å². The predicted octanol–water partition coefficient (Wildman–Crippen LogP) is 19.7. The molecule has 0 bridgehead atoms. The summed E-state index contributed by atoms with van der Waals surface area (Å²) >= 11 is 0. The third-order valence-electron chi connectivity index (χ3n) is 16.7. The second-order valence-electron chi connectivity index (χ2n) is 21.4. The zero-order valence-electron chi connectivity index (χ0n) is 43.3. The summed E-state index contributed by atoms with van der Waals surface area (Å²) in [5, 5.41) is 8.48. The van der Waals surface area contributed by atoms with Crippen LogP contribution in [0.4, 0.5) is 34.1 Å². The summed E-state index contributed by atoms with van der Waals surface area (Å²) in [6.07, 6.45) is 2.17. The van der Waals surface area contributed by atoms with E-state index in [-0.39, 0.29) is 5.41 Å². The third-order valence-corrected chi connectivity index (χ3v) is 16.7. The number of hydrogen-bond acceptors (Lipinski definition) is 2. The summed E-state index contributed by atoms with van der Waals surface area (Å²) in [6, 6.07) is 56.3. The maximum atomic E-state index is 2.64.